The summed E-state index contributed by atoms with van der Waals surface area (Å²) < 4.78 is 17.1. The fraction of sp³-hybridized carbons (Fsp3) is 0.318. The molecule has 1 aliphatic heterocycles. The van der Waals surface area contributed by atoms with Gasteiger partial charge in [0.25, 0.3) is 5.71 Å². The molecule has 1 fully saturated rings. The molecule has 7 heteroatoms. The van der Waals surface area contributed by atoms with Crippen LogP contribution in [0.1, 0.15) is 24.2 Å². The molecule has 148 valence electrons. The summed E-state index contributed by atoms with van der Waals surface area (Å²) in [6.07, 6.45) is 5.50. The van der Waals surface area contributed by atoms with Gasteiger partial charge < -0.3 is 18.6 Å². The topological polar surface area (TPSA) is 77.4 Å². The quantitative estimate of drug-likeness (QED) is 0.484. The molecule has 0 amide bonds. The van der Waals surface area contributed by atoms with Crippen LogP contribution in [0.5, 0.6) is 0 Å². The zero-order valence-corrected chi connectivity index (χ0v) is 16.2. The molecule has 3 aromatic heterocycles. The molecule has 1 saturated heterocycles. The Morgan fingerprint density at radius 3 is 2.86 bits per heavy atom. The normalized spacial score (nSPS) is 16.5. The maximum absolute atomic E-state index is 5.90. The summed E-state index contributed by atoms with van der Waals surface area (Å²) in [6, 6.07) is 12.0. The first-order chi connectivity index (χ1) is 14.3. The van der Waals surface area contributed by atoms with Crippen molar-refractivity contribution >= 4 is 16.9 Å². The third-order valence-electron chi connectivity index (χ3n) is 5.33. The first-order valence-electron chi connectivity index (χ1n) is 9.85. The van der Waals surface area contributed by atoms with Gasteiger partial charge in [0.1, 0.15) is 29.0 Å². The van der Waals surface area contributed by atoms with E-state index in [1.165, 1.54) is 6.33 Å². The number of aryl methyl sites for hydroxylation is 1. The van der Waals surface area contributed by atoms with Crippen LogP contribution in [0.15, 0.2) is 57.9 Å². The fourth-order valence-electron chi connectivity index (χ4n) is 3.88. The molecular weight excluding hydrogens is 368 g/mol. The average Bonchev–Trinajstić information content (AvgIpc) is 3.50. The van der Waals surface area contributed by atoms with E-state index in [9.17, 15) is 0 Å². The van der Waals surface area contributed by atoms with Gasteiger partial charge in [0.15, 0.2) is 0 Å². The van der Waals surface area contributed by atoms with Crippen molar-refractivity contribution in [1.82, 2.24) is 15.1 Å². The molecule has 7 nitrogen and oxygen atoms in total. The third-order valence-corrected chi connectivity index (χ3v) is 5.33. The molecule has 0 spiro atoms. The largest absolute Gasteiger partial charge is 0.467 e. The van der Waals surface area contributed by atoms with Crippen LogP contribution in [0.4, 0.5) is 5.82 Å². The second-order valence-electron chi connectivity index (χ2n) is 7.32. The average molecular weight is 390 g/mol. The molecule has 0 aliphatic carbocycles. The summed E-state index contributed by atoms with van der Waals surface area (Å²) in [7, 11) is 0. The molecule has 4 aromatic rings. The minimum Gasteiger partial charge on any atom is -0.467 e. The summed E-state index contributed by atoms with van der Waals surface area (Å²) in [6.45, 7) is 4.16. The highest BCUT2D eigenvalue weighted by Crippen LogP contribution is 2.35. The van der Waals surface area contributed by atoms with Crippen LogP contribution >= 0.6 is 0 Å². The van der Waals surface area contributed by atoms with Gasteiger partial charge in [-0.1, -0.05) is 29.4 Å². The fourth-order valence-corrected chi connectivity index (χ4v) is 3.88. The lowest BCUT2D eigenvalue weighted by atomic mass is 10.0. The van der Waals surface area contributed by atoms with Gasteiger partial charge in [-0.15, -0.1) is 0 Å². The highest BCUT2D eigenvalue weighted by molar-refractivity contribution is 5.98. The van der Waals surface area contributed by atoms with E-state index in [4.69, 9.17) is 13.7 Å². The molecule has 4 heterocycles. The number of hydrogen-bond acceptors (Lipinski definition) is 7. The van der Waals surface area contributed by atoms with E-state index in [1.807, 2.05) is 30.3 Å². The van der Waals surface area contributed by atoms with E-state index in [0.29, 0.717) is 18.8 Å². The van der Waals surface area contributed by atoms with Crippen molar-refractivity contribution in [2.75, 3.05) is 18.1 Å². The minimum absolute atomic E-state index is 0.164. The molecule has 0 radical (unpaired) electrons. The number of nitrogens with zero attached hydrogens (tertiary/aromatic N) is 4. The number of anilines is 1. The van der Waals surface area contributed by atoms with E-state index in [2.05, 4.69) is 33.0 Å². The molecule has 0 saturated carbocycles. The predicted molar refractivity (Wildman–Crippen MR) is 109 cm³/mol. The summed E-state index contributed by atoms with van der Waals surface area (Å²) in [5.74, 6) is 1.64. The third kappa shape index (κ3) is 3.49. The van der Waals surface area contributed by atoms with Crippen molar-refractivity contribution in [3.8, 4) is 11.3 Å². The lowest BCUT2D eigenvalue weighted by molar-refractivity contribution is 0.115. The van der Waals surface area contributed by atoms with Gasteiger partial charge >= 0.3 is 0 Å². The smallest absolute Gasteiger partial charge is 0.263 e. The van der Waals surface area contributed by atoms with Crippen LogP contribution in [0, 0.1) is 6.92 Å². The standard InChI is InChI=1S/C22H22N4O3/c1-15-6-2-3-9-18(15)20-19-21(23-14-24-22(19)29-25-20)26(12-16-7-4-10-27-16)13-17-8-5-11-28-17/h2-4,6-7,9-10,14,17H,5,8,11-13H2,1H3/t17-/m0/s1. The molecule has 29 heavy (non-hydrogen) atoms. The molecule has 5 rings (SSSR count). The van der Waals surface area contributed by atoms with Crippen LogP contribution in [0.3, 0.4) is 0 Å². The maximum Gasteiger partial charge on any atom is 0.263 e. The Labute approximate surface area is 168 Å². The van der Waals surface area contributed by atoms with Crippen molar-refractivity contribution in [2.24, 2.45) is 0 Å². The Balaban J connectivity index is 1.62. The SMILES string of the molecule is Cc1ccccc1-c1noc2ncnc(N(Cc3ccco3)C[C@@H]3CCCO3)c12. The van der Waals surface area contributed by atoms with Gasteiger partial charge in [-0.05, 0) is 37.5 Å². The predicted octanol–water partition coefficient (Wildman–Crippen LogP) is 4.37. The molecule has 0 unspecified atom stereocenters. The molecule has 0 bridgehead atoms. The lowest BCUT2D eigenvalue weighted by Gasteiger charge is -2.26. The second-order valence-corrected chi connectivity index (χ2v) is 7.32. The second kappa shape index (κ2) is 7.67. The number of ether oxygens (including phenoxy) is 1. The lowest BCUT2D eigenvalue weighted by Crippen LogP contribution is -2.32. The maximum atomic E-state index is 5.90. The van der Waals surface area contributed by atoms with Gasteiger partial charge in [0, 0.05) is 18.7 Å². The van der Waals surface area contributed by atoms with Crippen LogP contribution in [-0.4, -0.2) is 34.4 Å². The summed E-state index contributed by atoms with van der Waals surface area (Å²) in [5.41, 5.74) is 3.36. The molecule has 1 aliphatic rings. The highest BCUT2D eigenvalue weighted by atomic mass is 16.5. The molecule has 1 aromatic carbocycles. The Morgan fingerprint density at radius 1 is 1.14 bits per heavy atom. The van der Waals surface area contributed by atoms with Crippen molar-refractivity contribution < 1.29 is 13.7 Å². The van der Waals surface area contributed by atoms with Crippen LogP contribution in [0.25, 0.3) is 22.4 Å². The summed E-state index contributed by atoms with van der Waals surface area (Å²) in [4.78, 5) is 11.1. The van der Waals surface area contributed by atoms with Crippen molar-refractivity contribution in [2.45, 2.75) is 32.4 Å². The monoisotopic (exact) mass is 390 g/mol. The molecule has 0 N–H and O–H groups in total. The van der Waals surface area contributed by atoms with Crippen LogP contribution in [0.2, 0.25) is 0 Å². The van der Waals surface area contributed by atoms with Crippen molar-refractivity contribution in [3.05, 3.63) is 60.3 Å². The Hall–Kier alpha value is -3.19. The van der Waals surface area contributed by atoms with Crippen LogP contribution < -0.4 is 4.90 Å². The first-order valence-corrected chi connectivity index (χ1v) is 9.85. The van der Waals surface area contributed by atoms with Crippen molar-refractivity contribution in [1.29, 1.82) is 0 Å². The van der Waals surface area contributed by atoms with Gasteiger partial charge in [-0.3, -0.25) is 0 Å². The Bertz CT molecular complexity index is 1100. The highest BCUT2D eigenvalue weighted by Gasteiger charge is 2.26. The number of rotatable bonds is 6. The summed E-state index contributed by atoms with van der Waals surface area (Å²) in [5, 5.41) is 5.15. The number of hydrogen-bond donors (Lipinski definition) is 0. The number of furan rings is 1. The minimum atomic E-state index is 0.164. The zero-order valence-electron chi connectivity index (χ0n) is 16.2. The van der Waals surface area contributed by atoms with E-state index in [0.717, 1.165) is 53.2 Å². The summed E-state index contributed by atoms with van der Waals surface area (Å²) >= 11 is 0. The Morgan fingerprint density at radius 2 is 2.07 bits per heavy atom. The van der Waals surface area contributed by atoms with E-state index in [-0.39, 0.29) is 6.10 Å². The molecule has 1 atom stereocenters. The van der Waals surface area contributed by atoms with Gasteiger partial charge in [0.2, 0.25) is 0 Å². The van der Waals surface area contributed by atoms with E-state index in [1.54, 1.807) is 6.26 Å². The van der Waals surface area contributed by atoms with E-state index < -0.39 is 0 Å². The van der Waals surface area contributed by atoms with Crippen molar-refractivity contribution in [3.63, 3.8) is 0 Å². The van der Waals surface area contributed by atoms with Gasteiger partial charge in [-0.25, -0.2) is 4.98 Å². The number of fused-ring (bicyclic) bond motifs is 1. The van der Waals surface area contributed by atoms with E-state index >= 15 is 0 Å². The zero-order chi connectivity index (χ0) is 19.6. The molecular formula is C22H22N4O3. The Kier molecular flexibility index (Phi) is 4.73. The number of benzene rings is 1. The van der Waals surface area contributed by atoms with Gasteiger partial charge in [-0.2, -0.15) is 4.98 Å². The van der Waals surface area contributed by atoms with Gasteiger partial charge in [0.05, 0.1) is 18.9 Å². The first kappa shape index (κ1) is 17.9. The number of aromatic nitrogens is 3. The van der Waals surface area contributed by atoms with Crippen LogP contribution in [-0.2, 0) is 11.3 Å².